The second-order valence-electron chi connectivity index (χ2n) is 7.01. The van der Waals surface area contributed by atoms with Crippen molar-refractivity contribution in [1.29, 1.82) is 0 Å². The lowest BCUT2D eigenvalue weighted by atomic mass is 10.1. The van der Waals surface area contributed by atoms with Gasteiger partial charge in [-0.25, -0.2) is 0 Å². The van der Waals surface area contributed by atoms with Crippen molar-refractivity contribution >= 4 is 17.5 Å². The molecule has 0 spiro atoms. The van der Waals surface area contributed by atoms with E-state index in [-0.39, 0.29) is 17.9 Å². The van der Waals surface area contributed by atoms with Gasteiger partial charge in [-0.2, -0.15) is 0 Å². The Morgan fingerprint density at radius 2 is 1.43 bits per heavy atom. The fourth-order valence-corrected chi connectivity index (χ4v) is 2.94. The monoisotopic (exact) mass is 402 g/mol. The van der Waals surface area contributed by atoms with Crippen molar-refractivity contribution in [2.24, 2.45) is 0 Å². The number of amides is 2. The van der Waals surface area contributed by atoms with Gasteiger partial charge in [-0.15, -0.1) is 0 Å². The number of hydrogen-bond acceptors (Lipinski definition) is 3. The molecule has 3 aromatic rings. The number of ether oxygens (including phenoxy) is 1. The predicted molar refractivity (Wildman–Crippen MR) is 119 cm³/mol. The van der Waals surface area contributed by atoms with Crippen LogP contribution in [-0.4, -0.2) is 18.4 Å². The lowest BCUT2D eigenvalue weighted by Gasteiger charge is -2.14. The van der Waals surface area contributed by atoms with E-state index in [9.17, 15) is 9.59 Å². The van der Waals surface area contributed by atoms with E-state index in [1.54, 1.807) is 48.5 Å². The Bertz CT molecular complexity index is 968. The first-order chi connectivity index (χ1) is 14.6. The van der Waals surface area contributed by atoms with Gasteiger partial charge in [0.25, 0.3) is 11.8 Å². The minimum absolute atomic E-state index is 0.0950. The highest BCUT2D eigenvalue weighted by molar-refractivity contribution is 6.04. The van der Waals surface area contributed by atoms with Crippen LogP contribution in [0, 0.1) is 0 Å². The van der Waals surface area contributed by atoms with Crippen molar-refractivity contribution in [3.8, 4) is 5.75 Å². The molecule has 0 radical (unpaired) electrons. The number of anilines is 1. The first kappa shape index (κ1) is 21.1. The Hall–Kier alpha value is -3.60. The van der Waals surface area contributed by atoms with Crippen LogP contribution in [-0.2, 0) is 0 Å². The molecule has 1 atom stereocenters. The maximum atomic E-state index is 12.5. The second-order valence-corrected chi connectivity index (χ2v) is 7.01. The zero-order valence-corrected chi connectivity index (χ0v) is 17.2. The molecular formula is C25H26N2O3. The molecule has 154 valence electrons. The van der Waals surface area contributed by atoms with E-state index in [1.807, 2.05) is 44.2 Å². The third-order valence-corrected chi connectivity index (χ3v) is 4.64. The van der Waals surface area contributed by atoms with E-state index < -0.39 is 0 Å². The van der Waals surface area contributed by atoms with Gasteiger partial charge in [-0.1, -0.05) is 37.3 Å². The Kier molecular flexibility index (Phi) is 7.22. The zero-order valence-electron chi connectivity index (χ0n) is 17.2. The molecule has 0 aliphatic heterocycles. The summed E-state index contributed by atoms with van der Waals surface area (Å²) in [4.78, 5) is 24.9. The molecule has 1 unspecified atom stereocenters. The predicted octanol–water partition coefficient (Wildman–Crippen LogP) is 5.22. The Labute approximate surface area is 177 Å². The van der Waals surface area contributed by atoms with Gasteiger partial charge in [0.15, 0.2) is 0 Å². The Balaban J connectivity index is 1.57. The quantitative estimate of drug-likeness (QED) is 0.543. The van der Waals surface area contributed by atoms with Crippen LogP contribution < -0.4 is 15.4 Å². The smallest absolute Gasteiger partial charge is 0.255 e. The van der Waals surface area contributed by atoms with Gasteiger partial charge in [-0.05, 0) is 67.4 Å². The first-order valence-corrected chi connectivity index (χ1v) is 10.1. The SMILES string of the molecule is CCCOc1ccc(C(=O)Nc2ccc(C(=O)NC(C)c3ccccc3)cc2)cc1. The van der Waals surface area contributed by atoms with Gasteiger partial charge < -0.3 is 15.4 Å². The van der Waals surface area contributed by atoms with Gasteiger partial charge in [-0.3, -0.25) is 9.59 Å². The van der Waals surface area contributed by atoms with Gasteiger partial charge >= 0.3 is 0 Å². The van der Waals surface area contributed by atoms with Crippen molar-refractivity contribution in [2.45, 2.75) is 26.3 Å². The van der Waals surface area contributed by atoms with Crippen LogP contribution in [0.4, 0.5) is 5.69 Å². The fraction of sp³-hybridized carbons (Fsp3) is 0.200. The van der Waals surface area contributed by atoms with E-state index in [2.05, 4.69) is 10.6 Å². The molecule has 0 bridgehead atoms. The lowest BCUT2D eigenvalue weighted by molar-refractivity contribution is 0.0939. The van der Waals surface area contributed by atoms with E-state index in [1.165, 1.54) is 0 Å². The van der Waals surface area contributed by atoms with Crippen LogP contribution in [0.25, 0.3) is 0 Å². The molecule has 0 fully saturated rings. The molecular weight excluding hydrogens is 376 g/mol. The summed E-state index contributed by atoms with van der Waals surface area (Å²) in [5, 5.41) is 5.82. The highest BCUT2D eigenvalue weighted by atomic mass is 16.5. The average Bonchev–Trinajstić information content (AvgIpc) is 2.79. The standard InChI is InChI=1S/C25H26N2O3/c1-3-17-30-23-15-11-21(12-16-23)25(29)27-22-13-9-20(10-14-22)24(28)26-18(2)19-7-5-4-6-8-19/h4-16,18H,3,17H2,1-2H3,(H,26,28)(H,27,29). The summed E-state index contributed by atoms with van der Waals surface area (Å²) in [7, 11) is 0. The average molecular weight is 402 g/mol. The minimum Gasteiger partial charge on any atom is -0.494 e. The van der Waals surface area contributed by atoms with Gasteiger partial charge in [0.2, 0.25) is 0 Å². The molecule has 2 amide bonds. The molecule has 5 heteroatoms. The third-order valence-electron chi connectivity index (χ3n) is 4.64. The topological polar surface area (TPSA) is 67.4 Å². The van der Waals surface area contributed by atoms with E-state index >= 15 is 0 Å². The normalized spacial score (nSPS) is 11.4. The van der Waals surface area contributed by atoms with E-state index in [0.29, 0.717) is 23.4 Å². The molecule has 0 aliphatic rings. The summed E-state index contributed by atoms with van der Waals surface area (Å²) < 4.78 is 5.53. The number of hydrogen-bond donors (Lipinski definition) is 2. The summed E-state index contributed by atoms with van der Waals surface area (Å²) in [5.74, 6) is 0.368. The van der Waals surface area contributed by atoms with Crippen LogP contribution in [0.15, 0.2) is 78.9 Å². The molecule has 2 N–H and O–H groups in total. The van der Waals surface area contributed by atoms with Gasteiger partial charge in [0.05, 0.1) is 12.6 Å². The van der Waals surface area contributed by atoms with Gasteiger partial charge in [0, 0.05) is 16.8 Å². The van der Waals surface area contributed by atoms with Crippen LogP contribution in [0.1, 0.15) is 52.6 Å². The Morgan fingerprint density at radius 1 is 0.833 bits per heavy atom. The van der Waals surface area contributed by atoms with Crippen LogP contribution in [0.5, 0.6) is 5.75 Å². The zero-order chi connectivity index (χ0) is 21.3. The summed E-state index contributed by atoms with van der Waals surface area (Å²) in [6, 6.07) is 23.6. The summed E-state index contributed by atoms with van der Waals surface area (Å²) in [6.07, 6.45) is 0.932. The van der Waals surface area contributed by atoms with Crippen molar-refractivity contribution < 1.29 is 14.3 Å². The fourth-order valence-electron chi connectivity index (χ4n) is 2.94. The molecule has 0 saturated heterocycles. The Morgan fingerprint density at radius 3 is 2.07 bits per heavy atom. The largest absolute Gasteiger partial charge is 0.494 e. The second kappa shape index (κ2) is 10.3. The highest BCUT2D eigenvalue weighted by Crippen LogP contribution is 2.16. The molecule has 0 aliphatic carbocycles. The molecule has 0 aromatic heterocycles. The number of nitrogens with one attached hydrogen (secondary N) is 2. The van der Waals surface area contributed by atoms with Crippen LogP contribution >= 0.6 is 0 Å². The summed E-state index contributed by atoms with van der Waals surface area (Å²) >= 11 is 0. The first-order valence-electron chi connectivity index (χ1n) is 10.1. The maximum Gasteiger partial charge on any atom is 0.255 e. The molecule has 3 aromatic carbocycles. The third kappa shape index (κ3) is 5.70. The maximum absolute atomic E-state index is 12.5. The summed E-state index contributed by atoms with van der Waals surface area (Å²) in [6.45, 7) is 4.64. The molecule has 0 heterocycles. The van der Waals surface area contributed by atoms with Crippen LogP contribution in [0.2, 0.25) is 0 Å². The highest BCUT2D eigenvalue weighted by Gasteiger charge is 2.12. The number of benzene rings is 3. The van der Waals surface area contributed by atoms with Crippen molar-refractivity contribution in [3.05, 3.63) is 95.6 Å². The van der Waals surface area contributed by atoms with Crippen molar-refractivity contribution in [1.82, 2.24) is 5.32 Å². The summed E-state index contributed by atoms with van der Waals surface area (Å²) in [5.41, 5.74) is 2.74. The van der Waals surface area contributed by atoms with E-state index in [4.69, 9.17) is 4.74 Å². The number of carbonyl (C=O) groups excluding carboxylic acids is 2. The van der Waals surface area contributed by atoms with Crippen molar-refractivity contribution in [2.75, 3.05) is 11.9 Å². The van der Waals surface area contributed by atoms with Crippen molar-refractivity contribution in [3.63, 3.8) is 0 Å². The van der Waals surface area contributed by atoms with Gasteiger partial charge in [0.1, 0.15) is 5.75 Å². The molecule has 0 saturated carbocycles. The number of carbonyl (C=O) groups is 2. The van der Waals surface area contributed by atoms with Crippen LogP contribution in [0.3, 0.4) is 0 Å². The molecule has 5 nitrogen and oxygen atoms in total. The lowest BCUT2D eigenvalue weighted by Crippen LogP contribution is -2.26. The minimum atomic E-state index is -0.216. The molecule has 3 rings (SSSR count). The molecule has 30 heavy (non-hydrogen) atoms. The van der Waals surface area contributed by atoms with E-state index in [0.717, 1.165) is 17.7 Å². The number of rotatable bonds is 8.